The van der Waals surface area contributed by atoms with Crippen molar-refractivity contribution in [2.24, 2.45) is 0 Å². The number of nitrogens with zero attached hydrogens (tertiary/aromatic N) is 2. The molecule has 0 bridgehead atoms. The number of furan rings is 1. The fourth-order valence-electron chi connectivity index (χ4n) is 12.2. The fraction of sp³-hybridized carbons (Fsp3) is 0.0154. The molecule has 0 aliphatic heterocycles. The number of hydrogen-bond acceptors (Lipinski definition) is 2. The third-order valence-corrected chi connectivity index (χ3v) is 15.0. The van der Waals surface area contributed by atoms with Crippen molar-refractivity contribution >= 4 is 71.6 Å². The second-order valence-electron chi connectivity index (χ2n) is 18.3. The molecular formula is C65H40N2O. The molecule has 2 aliphatic carbocycles. The number of hydrogen-bond donors (Lipinski definition) is 0. The maximum atomic E-state index is 7.15. The SMILES string of the molecule is c1cc(-c2ccc(N(c3cccc4c3-c3ccccc3C43c4ccccc4-c4ccccc43)c3cccc4c3oc3c5ccccc5ccc43)cc2)cc(-n2c3ccccc3c3ccccc32)c1. The maximum absolute atomic E-state index is 7.15. The number of rotatable bonds is 5. The summed E-state index contributed by atoms with van der Waals surface area (Å²) in [6.45, 7) is 0. The Morgan fingerprint density at radius 3 is 1.63 bits per heavy atom. The van der Waals surface area contributed by atoms with Gasteiger partial charge in [-0.2, -0.15) is 0 Å². The molecule has 2 aliphatic rings. The quantitative estimate of drug-likeness (QED) is 0.172. The van der Waals surface area contributed by atoms with E-state index in [0.717, 1.165) is 66.6 Å². The van der Waals surface area contributed by atoms with Gasteiger partial charge < -0.3 is 13.9 Å². The number of fused-ring (bicyclic) bond motifs is 18. The van der Waals surface area contributed by atoms with Crippen molar-refractivity contribution in [3.8, 4) is 39.1 Å². The molecule has 13 aromatic rings. The molecule has 15 rings (SSSR count). The van der Waals surface area contributed by atoms with Gasteiger partial charge in [0, 0.05) is 43.9 Å². The Bertz CT molecular complexity index is 4130. The van der Waals surface area contributed by atoms with E-state index in [1.54, 1.807) is 0 Å². The molecule has 0 atom stereocenters. The van der Waals surface area contributed by atoms with E-state index in [1.807, 2.05) is 0 Å². The highest BCUT2D eigenvalue weighted by atomic mass is 16.3. The molecule has 0 N–H and O–H groups in total. The van der Waals surface area contributed by atoms with Crippen LogP contribution in [0.25, 0.3) is 93.6 Å². The normalized spacial score (nSPS) is 13.1. The Balaban J connectivity index is 0.958. The zero-order chi connectivity index (χ0) is 44.5. The van der Waals surface area contributed by atoms with Gasteiger partial charge >= 0.3 is 0 Å². The second-order valence-corrected chi connectivity index (χ2v) is 18.3. The van der Waals surface area contributed by atoms with E-state index in [1.165, 1.54) is 66.3 Å². The Hall–Kier alpha value is -8.92. The minimum absolute atomic E-state index is 0.476. The lowest BCUT2D eigenvalue weighted by molar-refractivity contribution is 0.673. The van der Waals surface area contributed by atoms with Crippen LogP contribution in [0.4, 0.5) is 17.1 Å². The molecular weight excluding hydrogens is 825 g/mol. The molecule has 0 radical (unpaired) electrons. The molecule has 11 aromatic carbocycles. The van der Waals surface area contributed by atoms with E-state index in [2.05, 4.69) is 252 Å². The number of benzene rings is 11. The monoisotopic (exact) mass is 864 g/mol. The average Bonchev–Trinajstić information content (AvgIpc) is 4.14. The Morgan fingerprint density at radius 1 is 0.353 bits per heavy atom. The summed E-state index contributed by atoms with van der Waals surface area (Å²) < 4.78 is 9.55. The van der Waals surface area contributed by atoms with Gasteiger partial charge in [-0.05, 0) is 110 Å². The minimum atomic E-state index is -0.476. The lowest BCUT2D eigenvalue weighted by atomic mass is 9.70. The van der Waals surface area contributed by atoms with Gasteiger partial charge in [0.2, 0.25) is 0 Å². The van der Waals surface area contributed by atoms with Crippen LogP contribution < -0.4 is 4.90 Å². The topological polar surface area (TPSA) is 21.3 Å². The summed E-state index contributed by atoms with van der Waals surface area (Å²) in [4.78, 5) is 2.45. The molecule has 2 heterocycles. The van der Waals surface area contributed by atoms with Crippen molar-refractivity contribution in [3.63, 3.8) is 0 Å². The standard InChI is InChI=1S/C65H40N2O/c1-2-19-46-42(16-1)36-39-52-51-25-14-33-61(64(51)68-63(46)52)66(44-37-34-41(35-38-44)43-17-13-18-45(40-43)67-58-30-11-6-22-49(58)50-23-7-12-31-59(50)67)60-32-15-29-57-62(60)53-24-5-10-28-56(53)65(57)54-26-8-3-20-47(54)48-21-4-9-27-55(48)65/h1-40H. The van der Waals surface area contributed by atoms with E-state index in [-0.39, 0.29) is 0 Å². The first-order valence-electron chi connectivity index (χ1n) is 23.5. The Labute approximate surface area is 393 Å². The molecule has 0 saturated heterocycles. The molecule has 0 saturated carbocycles. The summed E-state index contributed by atoms with van der Waals surface area (Å²) in [7, 11) is 0. The Morgan fingerprint density at radius 2 is 0.897 bits per heavy atom. The molecule has 0 fully saturated rings. The van der Waals surface area contributed by atoms with Crippen LogP contribution in [-0.4, -0.2) is 4.57 Å². The van der Waals surface area contributed by atoms with Gasteiger partial charge in [0.25, 0.3) is 0 Å². The molecule has 3 heteroatoms. The van der Waals surface area contributed by atoms with Crippen LogP contribution in [0.1, 0.15) is 22.3 Å². The summed E-state index contributed by atoms with van der Waals surface area (Å²) in [5.74, 6) is 0. The van der Waals surface area contributed by atoms with Crippen LogP contribution in [0.15, 0.2) is 247 Å². The third-order valence-electron chi connectivity index (χ3n) is 15.0. The van der Waals surface area contributed by atoms with E-state index >= 15 is 0 Å². The van der Waals surface area contributed by atoms with Gasteiger partial charge in [-0.15, -0.1) is 0 Å². The van der Waals surface area contributed by atoms with Crippen LogP contribution in [0.5, 0.6) is 0 Å². The van der Waals surface area contributed by atoms with Crippen LogP contribution >= 0.6 is 0 Å². The van der Waals surface area contributed by atoms with Gasteiger partial charge in [0.05, 0.1) is 27.8 Å². The summed E-state index contributed by atoms with van der Waals surface area (Å²) >= 11 is 0. The predicted octanol–water partition coefficient (Wildman–Crippen LogP) is 17.3. The highest BCUT2D eigenvalue weighted by Crippen LogP contribution is 2.65. The number of aromatic nitrogens is 1. The zero-order valence-electron chi connectivity index (χ0n) is 36.9. The van der Waals surface area contributed by atoms with Crippen molar-refractivity contribution in [1.29, 1.82) is 0 Å². The molecule has 0 amide bonds. The van der Waals surface area contributed by atoms with Crippen LogP contribution in [0.3, 0.4) is 0 Å². The maximum Gasteiger partial charge on any atom is 0.159 e. The lowest BCUT2D eigenvalue weighted by Crippen LogP contribution is -2.26. The second kappa shape index (κ2) is 14.0. The third kappa shape index (κ3) is 4.97. The predicted molar refractivity (Wildman–Crippen MR) is 282 cm³/mol. The minimum Gasteiger partial charge on any atom is -0.453 e. The number of anilines is 3. The highest BCUT2D eigenvalue weighted by Gasteiger charge is 2.52. The van der Waals surface area contributed by atoms with Crippen molar-refractivity contribution in [3.05, 3.63) is 265 Å². The molecule has 68 heavy (non-hydrogen) atoms. The van der Waals surface area contributed by atoms with Gasteiger partial charge in [-0.1, -0.05) is 188 Å². The van der Waals surface area contributed by atoms with E-state index in [4.69, 9.17) is 4.42 Å². The smallest absolute Gasteiger partial charge is 0.159 e. The van der Waals surface area contributed by atoms with E-state index < -0.39 is 5.41 Å². The van der Waals surface area contributed by atoms with Gasteiger partial charge in [-0.3, -0.25) is 0 Å². The first-order chi connectivity index (χ1) is 33.8. The Kier molecular flexibility index (Phi) is 7.71. The first kappa shape index (κ1) is 37.3. The van der Waals surface area contributed by atoms with Crippen molar-refractivity contribution < 1.29 is 4.42 Å². The highest BCUT2D eigenvalue weighted by molar-refractivity contribution is 6.18. The zero-order valence-corrected chi connectivity index (χ0v) is 36.9. The van der Waals surface area contributed by atoms with Gasteiger partial charge in [-0.25, -0.2) is 0 Å². The first-order valence-corrected chi connectivity index (χ1v) is 23.5. The molecule has 3 nitrogen and oxygen atoms in total. The van der Waals surface area contributed by atoms with Crippen molar-refractivity contribution in [2.75, 3.05) is 4.90 Å². The molecule has 2 aromatic heterocycles. The van der Waals surface area contributed by atoms with Crippen molar-refractivity contribution in [2.45, 2.75) is 5.41 Å². The summed E-state index contributed by atoms with van der Waals surface area (Å²) in [5, 5.41) is 6.99. The summed E-state index contributed by atoms with van der Waals surface area (Å²) in [6, 6.07) is 89.2. The average molecular weight is 865 g/mol. The van der Waals surface area contributed by atoms with Crippen LogP contribution in [-0.2, 0) is 5.41 Å². The lowest BCUT2D eigenvalue weighted by Gasteiger charge is -2.31. The van der Waals surface area contributed by atoms with Gasteiger partial charge in [0.1, 0.15) is 5.58 Å². The van der Waals surface area contributed by atoms with Crippen molar-refractivity contribution in [1.82, 2.24) is 4.57 Å². The molecule has 0 unspecified atom stereocenters. The van der Waals surface area contributed by atoms with E-state index in [9.17, 15) is 0 Å². The van der Waals surface area contributed by atoms with E-state index in [0.29, 0.717) is 0 Å². The summed E-state index contributed by atoms with van der Waals surface area (Å²) in [6.07, 6.45) is 0. The fourth-order valence-corrected chi connectivity index (χ4v) is 12.2. The largest absolute Gasteiger partial charge is 0.453 e. The van der Waals surface area contributed by atoms with Crippen LogP contribution in [0.2, 0.25) is 0 Å². The number of para-hydroxylation sites is 3. The molecule has 316 valence electrons. The molecule has 1 spiro atoms. The van der Waals surface area contributed by atoms with Gasteiger partial charge in [0.15, 0.2) is 5.58 Å². The van der Waals surface area contributed by atoms with Crippen LogP contribution in [0, 0.1) is 0 Å². The summed E-state index contributed by atoms with van der Waals surface area (Å²) in [5.41, 5.74) is 20.6.